The van der Waals surface area contributed by atoms with E-state index in [9.17, 15) is 9.59 Å². The summed E-state index contributed by atoms with van der Waals surface area (Å²) >= 11 is 0. The average Bonchev–Trinajstić information content (AvgIpc) is 3.10. The molecule has 2 aromatic rings. The molecule has 0 saturated carbocycles. The van der Waals surface area contributed by atoms with Crippen LogP contribution < -0.4 is 5.32 Å². The molecule has 9 heteroatoms. The Labute approximate surface area is 163 Å². The van der Waals surface area contributed by atoms with E-state index in [0.29, 0.717) is 6.61 Å². The molecule has 1 heterocycles. The smallest absolute Gasteiger partial charge is 0.408 e. The van der Waals surface area contributed by atoms with Crippen molar-refractivity contribution < 1.29 is 28.3 Å². The Kier molecular flexibility index (Phi) is 7.51. The van der Waals surface area contributed by atoms with Gasteiger partial charge in [-0.2, -0.15) is 4.98 Å². The number of hydrogen-bond acceptors (Lipinski definition) is 8. The van der Waals surface area contributed by atoms with E-state index < -0.39 is 23.7 Å². The molecular weight excluding hydrogens is 366 g/mol. The molecule has 0 aliphatic rings. The van der Waals surface area contributed by atoms with Gasteiger partial charge in [0.15, 0.2) is 0 Å². The van der Waals surface area contributed by atoms with Gasteiger partial charge in [-0.1, -0.05) is 30.3 Å². The lowest BCUT2D eigenvalue weighted by Gasteiger charge is -2.22. The van der Waals surface area contributed by atoms with Crippen LogP contribution in [0.3, 0.4) is 0 Å². The number of hydrogen-bond donors (Lipinski definition) is 1. The molecular formula is C19H25N3O6. The highest BCUT2D eigenvalue weighted by Gasteiger charge is 2.26. The van der Waals surface area contributed by atoms with E-state index in [4.69, 9.17) is 18.7 Å². The third-order valence-electron chi connectivity index (χ3n) is 3.28. The average molecular weight is 391 g/mol. The highest BCUT2D eigenvalue weighted by molar-refractivity contribution is 5.84. The summed E-state index contributed by atoms with van der Waals surface area (Å²) in [6, 6.07) is 8.75. The number of nitrogens with one attached hydrogen (secondary N) is 1. The van der Waals surface area contributed by atoms with Gasteiger partial charge in [0.1, 0.15) is 11.6 Å². The van der Waals surface area contributed by atoms with Gasteiger partial charge in [0, 0.05) is 0 Å². The Bertz CT molecular complexity index is 769. The van der Waals surface area contributed by atoms with Crippen LogP contribution in [0.25, 0.3) is 0 Å². The van der Waals surface area contributed by atoms with E-state index in [0.717, 1.165) is 5.56 Å². The SMILES string of the molecule is CCOC(=O)c1noc([C@@H](COCc2ccccc2)NC(=O)OC(C)(C)C)n1. The summed E-state index contributed by atoms with van der Waals surface area (Å²) in [4.78, 5) is 27.9. The maximum atomic E-state index is 12.1. The first-order valence-electron chi connectivity index (χ1n) is 8.90. The minimum absolute atomic E-state index is 0.0157. The van der Waals surface area contributed by atoms with Crippen molar-refractivity contribution >= 4 is 12.1 Å². The standard InChI is InChI=1S/C19H25N3O6/c1-5-26-17(23)15-21-16(28-22-15)14(20-18(24)27-19(2,3)4)12-25-11-13-9-7-6-8-10-13/h6-10,14H,5,11-12H2,1-4H3,(H,20,24)/t14-/m1/s1. The molecule has 0 aliphatic carbocycles. The number of amides is 1. The normalized spacial score (nSPS) is 12.3. The molecule has 28 heavy (non-hydrogen) atoms. The molecule has 0 radical (unpaired) electrons. The van der Waals surface area contributed by atoms with E-state index in [2.05, 4.69) is 15.5 Å². The molecule has 1 amide bonds. The summed E-state index contributed by atoms with van der Waals surface area (Å²) < 4.78 is 20.9. The highest BCUT2D eigenvalue weighted by atomic mass is 16.6. The van der Waals surface area contributed by atoms with Crippen LogP contribution in [0.5, 0.6) is 0 Å². The first kappa shape index (κ1) is 21.4. The van der Waals surface area contributed by atoms with Crippen LogP contribution in [0.15, 0.2) is 34.9 Å². The van der Waals surface area contributed by atoms with Crippen molar-refractivity contribution in [3.8, 4) is 0 Å². The third kappa shape index (κ3) is 6.99. The second-order valence-electron chi connectivity index (χ2n) is 6.88. The van der Waals surface area contributed by atoms with Gasteiger partial charge >= 0.3 is 12.1 Å². The monoisotopic (exact) mass is 391 g/mol. The zero-order chi connectivity index (χ0) is 20.6. The fraction of sp³-hybridized carbons (Fsp3) is 0.474. The Morgan fingerprint density at radius 1 is 1.21 bits per heavy atom. The Hall–Kier alpha value is -2.94. The van der Waals surface area contributed by atoms with Gasteiger partial charge in [0.2, 0.25) is 0 Å². The Morgan fingerprint density at radius 3 is 2.57 bits per heavy atom. The number of ether oxygens (including phenoxy) is 3. The van der Waals surface area contributed by atoms with Crippen molar-refractivity contribution in [1.29, 1.82) is 0 Å². The number of rotatable bonds is 8. The van der Waals surface area contributed by atoms with E-state index in [-0.39, 0.29) is 24.9 Å². The van der Waals surface area contributed by atoms with E-state index in [1.165, 1.54) is 0 Å². The van der Waals surface area contributed by atoms with Crippen LogP contribution in [0, 0.1) is 0 Å². The topological polar surface area (TPSA) is 113 Å². The molecule has 152 valence electrons. The molecule has 1 N–H and O–H groups in total. The van der Waals surface area contributed by atoms with Crippen molar-refractivity contribution in [3.63, 3.8) is 0 Å². The molecule has 0 unspecified atom stereocenters. The summed E-state index contributed by atoms with van der Waals surface area (Å²) in [6.07, 6.45) is -0.670. The lowest BCUT2D eigenvalue weighted by Crippen LogP contribution is -2.36. The number of carbonyl (C=O) groups is 2. The van der Waals surface area contributed by atoms with Crippen molar-refractivity contribution in [2.45, 2.75) is 45.9 Å². The van der Waals surface area contributed by atoms with Gasteiger partial charge < -0.3 is 24.1 Å². The fourth-order valence-electron chi connectivity index (χ4n) is 2.15. The predicted molar refractivity (Wildman–Crippen MR) is 98.5 cm³/mol. The summed E-state index contributed by atoms with van der Waals surface area (Å²) in [7, 11) is 0. The van der Waals surface area contributed by atoms with Crippen molar-refractivity contribution in [2.24, 2.45) is 0 Å². The van der Waals surface area contributed by atoms with Gasteiger partial charge in [-0.05, 0) is 38.4 Å². The number of benzene rings is 1. The van der Waals surface area contributed by atoms with Crippen LogP contribution in [0.2, 0.25) is 0 Å². The van der Waals surface area contributed by atoms with Gasteiger partial charge in [-0.3, -0.25) is 0 Å². The maximum Gasteiger partial charge on any atom is 0.408 e. The summed E-state index contributed by atoms with van der Waals surface area (Å²) in [5.41, 5.74) is 0.293. The van der Waals surface area contributed by atoms with Crippen LogP contribution in [-0.4, -0.2) is 41.0 Å². The molecule has 1 aromatic heterocycles. The van der Waals surface area contributed by atoms with Crippen molar-refractivity contribution in [1.82, 2.24) is 15.5 Å². The van der Waals surface area contributed by atoms with E-state index in [1.807, 2.05) is 30.3 Å². The van der Waals surface area contributed by atoms with Crippen LogP contribution in [0.1, 0.15) is 55.8 Å². The summed E-state index contributed by atoms with van der Waals surface area (Å²) in [5, 5.41) is 6.22. The second-order valence-corrected chi connectivity index (χ2v) is 6.88. The molecule has 9 nitrogen and oxygen atoms in total. The zero-order valence-corrected chi connectivity index (χ0v) is 16.4. The number of aromatic nitrogens is 2. The maximum absolute atomic E-state index is 12.1. The third-order valence-corrected chi connectivity index (χ3v) is 3.28. The number of nitrogens with zero attached hydrogens (tertiary/aromatic N) is 2. The number of esters is 1. The molecule has 0 fully saturated rings. The van der Waals surface area contributed by atoms with Crippen LogP contribution in [0.4, 0.5) is 4.79 Å². The van der Waals surface area contributed by atoms with E-state index in [1.54, 1.807) is 27.7 Å². The molecule has 2 rings (SSSR count). The molecule has 0 bridgehead atoms. The summed E-state index contributed by atoms with van der Waals surface area (Å²) in [6.45, 7) is 7.47. The van der Waals surface area contributed by atoms with Gasteiger partial charge in [0.25, 0.3) is 11.7 Å². The number of carbonyl (C=O) groups excluding carboxylic acids is 2. The van der Waals surface area contributed by atoms with Crippen LogP contribution in [-0.2, 0) is 20.8 Å². The van der Waals surface area contributed by atoms with E-state index >= 15 is 0 Å². The minimum atomic E-state index is -0.797. The molecule has 1 aromatic carbocycles. The van der Waals surface area contributed by atoms with Gasteiger partial charge in [-0.15, -0.1) is 0 Å². The van der Waals surface area contributed by atoms with Crippen LogP contribution >= 0.6 is 0 Å². The quantitative estimate of drug-likeness (QED) is 0.683. The Morgan fingerprint density at radius 2 is 1.93 bits per heavy atom. The molecule has 0 aliphatic heterocycles. The van der Waals surface area contributed by atoms with Crippen molar-refractivity contribution in [2.75, 3.05) is 13.2 Å². The fourth-order valence-corrected chi connectivity index (χ4v) is 2.15. The lowest BCUT2D eigenvalue weighted by atomic mass is 10.2. The lowest BCUT2D eigenvalue weighted by molar-refractivity contribution is 0.0398. The van der Waals surface area contributed by atoms with Gasteiger partial charge in [-0.25, -0.2) is 9.59 Å². The second kappa shape index (κ2) is 9.84. The number of alkyl carbamates (subject to hydrolysis) is 1. The van der Waals surface area contributed by atoms with Gasteiger partial charge in [0.05, 0.1) is 19.8 Å². The first-order valence-corrected chi connectivity index (χ1v) is 8.90. The molecule has 0 spiro atoms. The van der Waals surface area contributed by atoms with Crippen molar-refractivity contribution in [3.05, 3.63) is 47.6 Å². The zero-order valence-electron chi connectivity index (χ0n) is 16.4. The first-order chi connectivity index (χ1) is 13.3. The largest absolute Gasteiger partial charge is 0.460 e. The molecule has 1 atom stereocenters. The highest BCUT2D eigenvalue weighted by Crippen LogP contribution is 2.15. The predicted octanol–water partition coefficient (Wildman–Crippen LogP) is 3.03. The Balaban J connectivity index is 2.06. The molecule has 0 saturated heterocycles. The minimum Gasteiger partial charge on any atom is -0.460 e. The summed E-state index contributed by atoms with van der Waals surface area (Å²) in [5.74, 6) is -0.920.